The predicted molar refractivity (Wildman–Crippen MR) is 63.8 cm³/mol. The van der Waals surface area contributed by atoms with Gasteiger partial charge in [0.2, 0.25) is 0 Å². The van der Waals surface area contributed by atoms with E-state index >= 15 is 0 Å². The van der Waals surface area contributed by atoms with Crippen LogP contribution in [0.25, 0.3) is 11.3 Å². The van der Waals surface area contributed by atoms with E-state index < -0.39 is 0 Å². The average Bonchev–Trinajstić information content (AvgIpc) is 2.26. The van der Waals surface area contributed by atoms with Crippen LogP contribution in [-0.2, 0) is 0 Å². The van der Waals surface area contributed by atoms with Gasteiger partial charge in [0.1, 0.15) is 11.6 Å². The number of halogens is 2. The number of hydrogen-bond donors (Lipinski definition) is 1. The van der Waals surface area contributed by atoms with Crippen molar-refractivity contribution in [3.8, 4) is 11.3 Å². The average molecular weight is 237 g/mol. The van der Waals surface area contributed by atoms with Crippen LogP contribution in [0, 0.1) is 12.7 Å². The Bertz CT molecular complexity index is 541. The Morgan fingerprint density at radius 3 is 2.69 bits per heavy atom. The first-order valence-electron chi connectivity index (χ1n) is 4.76. The molecule has 0 aliphatic heterocycles. The minimum Gasteiger partial charge on any atom is -0.382 e. The van der Waals surface area contributed by atoms with E-state index in [4.69, 9.17) is 17.3 Å². The second-order valence-corrected chi connectivity index (χ2v) is 3.93. The molecular weight excluding hydrogens is 227 g/mol. The zero-order valence-corrected chi connectivity index (χ0v) is 9.42. The van der Waals surface area contributed by atoms with E-state index in [0.29, 0.717) is 10.7 Å². The van der Waals surface area contributed by atoms with Crippen molar-refractivity contribution in [2.24, 2.45) is 0 Å². The summed E-state index contributed by atoms with van der Waals surface area (Å²) in [7, 11) is 0. The highest BCUT2D eigenvalue weighted by atomic mass is 35.5. The Kier molecular flexibility index (Phi) is 2.79. The van der Waals surface area contributed by atoms with Crippen LogP contribution in [0.2, 0.25) is 5.02 Å². The van der Waals surface area contributed by atoms with Crippen LogP contribution < -0.4 is 5.73 Å². The van der Waals surface area contributed by atoms with Crippen LogP contribution >= 0.6 is 11.6 Å². The van der Waals surface area contributed by atoms with Gasteiger partial charge < -0.3 is 5.73 Å². The maximum atomic E-state index is 13.1. The first-order chi connectivity index (χ1) is 7.58. The van der Waals surface area contributed by atoms with Crippen molar-refractivity contribution < 1.29 is 4.39 Å². The molecule has 2 N–H and O–H groups in total. The lowest BCUT2D eigenvalue weighted by Gasteiger charge is -2.06. The normalized spacial score (nSPS) is 10.4. The maximum Gasteiger partial charge on any atom is 0.142 e. The summed E-state index contributed by atoms with van der Waals surface area (Å²) in [5.74, 6) is -0.0428. The minimum absolute atomic E-state index is 0.253. The van der Waals surface area contributed by atoms with Gasteiger partial charge in [0, 0.05) is 5.56 Å². The molecule has 0 spiro atoms. The smallest absolute Gasteiger partial charge is 0.142 e. The van der Waals surface area contributed by atoms with Gasteiger partial charge in [-0.05, 0) is 36.8 Å². The molecule has 0 fully saturated rings. The van der Waals surface area contributed by atoms with E-state index in [2.05, 4.69) is 4.98 Å². The number of anilines is 1. The maximum absolute atomic E-state index is 13.1. The van der Waals surface area contributed by atoms with Crippen molar-refractivity contribution in [2.45, 2.75) is 6.92 Å². The van der Waals surface area contributed by atoms with E-state index in [1.54, 1.807) is 18.2 Å². The number of nitrogens with zero attached hydrogens (tertiary/aromatic N) is 1. The zero-order valence-electron chi connectivity index (χ0n) is 8.67. The number of benzene rings is 1. The quantitative estimate of drug-likeness (QED) is 0.824. The fourth-order valence-corrected chi connectivity index (χ4v) is 1.58. The van der Waals surface area contributed by atoms with E-state index in [0.717, 1.165) is 11.1 Å². The van der Waals surface area contributed by atoms with Crippen LogP contribution in [0.3, 0.4) is 0 Å². The van der Waals surface area contributed by atoms with Gasteiger partial charge in [-0.25, -0.2) is 9.37 Å². The highest BCUT2D eigenvalue weighted by Gasteiger charge is 2.06. The number of rotatable bonds is 1. The van der Waals surface area contributed by atoms with Crippen molar-refractivity contribution in [1.29, 1.82) is 0 Å². The molecule has 0 saturated carbocycles. The fourth-order valence-electron chi connectivity index (χ4n) is 1.48. The highest BCUT2D eigenvalue weighted by molar-refractivity contribution is 6.32. The lowest BCUT2D eigenvalue weighted by molar-refractivity contribution is 0.628. The molecule has 82 valence electrons. The summed E-state index contributed by atoms with van der Waals surface area (Å²) in [6, 6.07) is 7.93. The molecule has 1 aromatic heterocycles. The fraction of sp³-hybridized carbons (Fsp3) is 0.0833. The molecule has 0 atom stereocenters. The Labute approximate surface area is 97.9 Å². The standard InChI is InChI=1S/C12H10ClFN2/c1-7-2-3-8(14)6-9(7)11-5-4-10(13)12(15)16-11/h2-6H,1H3,(H2,15,16). The van der Waals surface area contributed by atoms with E-state index in [-0.39, 0.29) is 11.6 Å². The second kappa shape index (κ2) is 4.10. The second-order valence-electron chi connectivity index (χ2n) is 3.52. The van der Waals surface area contributed by atoms with Crippen molar-refractivity contribution in [1.82, 2.24) is 4.98 Å². The highest BCUT2D eigenvalue weighted by Crippen LogP contribution is 2.26. The van der Waals surface area contributed by atoms with Gasteiger partial charge in [-0.3, -0.25) is 0 Å². The Morgan fingerprint density at radius 2 is 2.00 bits per heavy atom. The van der Waals surface area contributed by atoms with Crippen LogP contribution in [0.1, 0.15) is 5.56 Å². The third kappa shape index (κ3) is 1.99. The van der Waals surface area contributed by atoms with Crippen LogP contribution in [-0.4, -0.2) is 4.98 Å². The molecule has 2 nitrogen and oxygen atoms in total. The third-order valence-corrected chi connectivity index (χ3v) is 2.67. The largest absolute Gasteiger partial charge is 0.382 e. The minimum atomic E-state index is -0.295. The lowest BCUT2D eigenvalue weighted by Crippen LogP contribution is -1.95. The summed E-state index contributed by atoms with van der Waals surface area (Å²) in [4.78, 5) is 4.12. The number of pyridine rings is 1. The lowest BCUT2D eigenvalue weighted by atomic mass is 10.1. The predicted octanol–water partition coefficient (Wildman–Crippen LogP) is 3.43. The molecule has 0 aliphatic rings. The molecule has 0 aliphatic carbocycles. The molecule has 0 unspecified atom stereocenters. The monoisotopic (exact) mass is 236 g/mol. The van der Waals surface area contributed by atoms with Gasteiger partial charge in [-0.15, -0.1) is 0 Å². The number of aromatic nitrogens is 1. The van der Waals surface area contributed by atoms with Crippen molar-refractivity contribution >= 4 is 17.4 Å². The topological polar surface area (TPSA) is 38.9 Å². The Hall–Kier alpha value is -1.61. The summed E-state index contributed by atoms with van der Waals surface area (Å²) in [5, 5.41) is 0.401. The molecular formula is C12H10ClFN2. The Balaban J connectivity index is 2.58. The summed E-state index contributed by atoms with van der Waals surface area (Å²) in [6.45, 7) is 1.89. The van der Waals surface area contributed by atoms with Gasteiger partial charge in [0.25, 0.3) is 0 Å². The molecule has 0 bridgehead atoms. The van der Waals surface area contributed by atoms with Gasteiger partial charge in [-0.1, -0.05) is 17.7 Å². The van der Waals surface area contributed by atoms with Gasteiger partial charge in [-0.2, -0.15) is 0 Å². The number of nitrogen functional groups attached to an aromatic ring is 1. The summed E-state index contributed by atoms with van der Waals surface area (Å²) in [6.07, 6.45) is 0. The van der Waals surface area contributed by atoms with Gasteiger partial charge in [0.05, 0.1) is 10.7 Å². The SMILES string of the molecule is Cc1ccc(F)cc1-c1ccc(Cl)c(N)n1. The van der Waals surface area contributed by atoms with Crippen LogP contribution in [0.5, 0.6) is 0 Å². The first kappa shape index (κ1) is 10.9. The molecule has 0 saturated heterocycles. The molecule has 4 heteroatoms. The summed E-state index contributed by atoms with van der Waals surface area (Å²) < 4.78 is 13.1. The zero-order chi connectivity index (χ0) is 11.7. The molecule has 0 amide bonds. The first-order valence-corrected chi connectivity index (χ1v) is 5.14. The molecule has 1 aromatic carbocycles. The van der Waals surface area contributed by atoms with E-state index in [9.17, 15) is 4.39 Å². The number of aryl methyl sites for hydroxylation is 1. The van der Waals surface area contributed by atoms with Crippen LogP contribution in [0.4, 0.5) is 10.2 Å². The molecule has 0 radical (unpaired) electrons. The van der Waals surface area contributed by atoms with Crippen molar-refractivity contribution in [2.75, 3.05) is 5.73 Å². The van der Waals surface area contributed by atoms with Gasteiger partial charge >= 0.3 is 0 Å². The number of nitrogens with two attached hydrogens (primary N) is 1. The molecule has 2 aromatic rings. The molecule has 16 heavy (non-hydrogen) atoms. The summed E-state index contributed by atoms with van der Waals surface area (Å²) >= 11 is 5.78. The molecule has 2 rings (SSSR count). The van der Waals surface area contributed by atoms with Crippen molar-refractivity contribution in [3.63, 3.8) is 0 Å². The Morgan fingerprint density at radius 1 is 1.25 bits per heavy atom. The van der Waals surface area contributed by atoms with Gasteiger partial charge in [0.15, 0.2) is 0 Å². The summed E-state index contributed by atoms with van der Waals surface area (Å²) in [5.41, 5.74) is 7.90. The number of hydrogen-bond acceptors (Lipinski definition) is 2. The van der Waals surface area contributed by atoms with Crippen molar-refractivity contribution in [3.05, 3.63) is 46.7 Å². The van der Waals surface area contributed by atoms with E-state index in [1.807, 2.05) is 6.92 Å². The third-order valence-electron chi connectivity index (χ3n) is 2.35. The molecule has 1 heterocycles. The van der Waals surface area contributed by atoms with E-state index in [1.165, 1.54) is 12.1 Å². The van der Waals surface area contributed by atoms with Crippen LogP contribution in [0.15, 0.2) is 30.3 Å².